The smallest absolute Gasteiger partial charge is 0.417 e. The SMILES string of the molecule is COc1cc(/C=C/c2cccc(-c3cccc(-c4nc5cc(CN6CC[C@@H](C(=O)O)C6)cc(C#N)c5o4)c3C)c2F)c(C(F)(F)F)cc1CN1CC[C@@H](O)C1. The van der Waals surface area contributed by atoms with Crippen molar-refractivity contribution in [1.29, 1.82) is 5.26 Å². The van der Waals surface area contributed by atoms with Crippen LogP contribution in [0.2, 0.25) is 0 Å². The Labute approximate surface area is 314 Å². The molecule has 2 aliphatic heterocycles. The summed E-state index contributed by atoms with van der Waals surface area (Å²) < 4.78 is 70.9. The molecule has 3 heterocycles. The first-order valence-corrected chi connectivity index (χ1v) is 17.9. The molecule has 2 saturated heterocycles. The van der Waals surface area contributed by atoms with E-state index in [9.17, 15) is 33.4 Å². The largest absolute Gasteiger partial charge is 0.496 e. The number of aliphatic carboxylic acids is 1. The number of ether oxygens (including phenoxy) is 1. The molecule has 2 fully saturated rings. The highest BCUT2D eigenvalue weighted by molar-refractivity contribution is 5.85. The van der Waals surface area contributed by atoms with Gasteiger partial charge in [0.05, 0.1) is 30.3 Å². The van der Waals surface area contributed by atoms with Crippen LogP contribution in [0.25, 0.3) is 45.8 Å². The minimum atomic E-state index is -4.69. The van der Waals surface area contributed by atoms with E-state index in [4.69, 9.17) is 14.1 Å². The predicted octanol–water partition coefficient (Wildman–Crippen LogP) is 8.15. The molecule has 9 nitrogen and oxygen atoms in total. The molecule has 0 radical (unpaired) electrons. The van der Waals surface area contributed by atoms with Crippen LogP contribution in [-0.4, -0.2) is 70.4 Å². The number of methoxy groups -OCH3 is 1. The van der Waals surface area contributed by atoms with E-state index in [1.165, 1.54) is 31.4 Å². The molecule has 55 heavy (non-hydrogen) atoms. The first-order valence-electron chi connectivity index (χ1n) is 17.9. The van der Waals surface area contributed by atoms with Crippen molar-refractivity contribution in [3.8, 4) is 34.4 Å². The van der Waals surface area contributed by atoms with E-state index in [-0.39, 0.29) is 40.4 Å². The molecule has 2 N–H and O–H groups in total. The van der Waals surface area contributed by atoms with E-state index < -0.39 is 35.5 Å². The molecule has 13 heteroatoms. The molecule has 4 aromatic carbocycles. The standard InChI is InChI=1S/C42H38F4N4O5/c1-24-32(6-4-7-33(24)40-48-36-16-25(15-29(19-47)39(36)55-40)20-49-13-11-28(21-49)41(52)53)34-8-3-5-26(38(34)43)9-10-27-18-37(54-2)30(17-35(27)42(44,45)46)22-50-14-12-31(51)23-50/h3-10,15-18,28,31,51H,11-14,20-23H2,1-2H3,(H,52,53)/b10-9+/t28-,31-/m1/s1. The molecule has 2 atom stereocenters. The summed E-state index contributed by atoms with van der Waals surface area (Å²) in [7, 11) is 1.38. The summed E-state index contributed by atoms with van der Waals surface area (Å²) in [5, 5.41) is 29.2. The number of aromatic nitrogens is 1. The molecule has 0 amide bonds. The minimum Gasteiger partial charge on any atom is -0.496 e. The third-order valence-corrected chi connectivity index (χ3v) is 10.4. The molecule has 1 aromatic heterocycles. The van der Waals surface area contributed by atoms with Gasteiger partial charge in [0.2, 0.25) is 5.89 Å². The number of hydrogen-bond donors (Lipinski definition) is 2. The zero-order chi connectivity index (χ0) is 39.0. The van der Waals surface area contributed by atoms with E-state index >= 15 is 4.39 Å². The van der Waals surface area contributed by atoms with Crippen LogP contribution in [0.1, 0.15) is 51.8 Å². The highest BCUT2D eigenvalue weighted by Gasteiger charge is 2.35. The highest BCUT2D eigenvalue weighted by Crippen LogP contribution is 2.39. The lowest BCUT2D eigenvalue weighted by Crippen LogP contribution is -2.22. The quantitative estimate of drug-likeness (QED) is 0.107. The van der Waals surface area contributed by atoms with Gasteiger partial charge in [0.15, 0.2) is 5.58 Å². The number of nitriles is 1. The Kier molecular flexibility index (Phi) is 10.5. The Bertz CT molecular complexity index is 2350. The Hall–Kier alpha value is -5.55. The summed E-state index contributed by atoms with van der Waals surface area (Å²) in [6.07, 6.45) is -1.57. The van der Waals surface area contributed by atoms with Gasteiger partial charge >= 0.3 is 12.1 Å². The Balaban J connectivity index is 1.18. The molecule has 0 unspecified atom stereocenters. The number of halogens is 4. The number of aliphatic hydroxyl groups excluding tert-OH is 1. The highest BCUT2D eigenvalue weighted by atomic mass is 19.4. The van der Waals surface area contributed by atoms with Crippen molar-refractivity contribution >= 4 is 29.2 Å². The number of aliphatic hydroxyl groups is 1. The van der Waals surface area contributed by atoms with Crippen LogP contribution in [0.15, 0.2) is 65.1 Å². The Morgan fingerprint density at radius 2 is 1.71 bits per heavy atom. The molecule has 2 aliphatic rings. The Morgan fingerprint density at radius 1 is 1.00 bits per heavy atom. The number of alkyl halides is 3. The number of oxazole rings is 1. The van der Waals surface area contributed by atoms with Crippen molar-refractivity contribution in [3.05, 3.63) is 105 Å². The number of likely N-dealkylation sites (tertiary alicyclic amines) is 2. The van der Waals surface area contributed by atoms with Gasteiger partial charge in [-0.15, -0.1) is 0 Å². The summed E-state index contributed by atoms with van der Waals surface area (Å²) in [5.41, 5.74) is 3.12. The van der Waals surface area contributed by atoms with Crippen LogP contribution in [-0.2, 0) is 24.1 Å². The van der Waals surface area contributed by atoms with Gasteiger partial charge < -0.3 is 19.4 Å². The summed E-state index contributed by atoms with van der Waals surface area (Å²) in [6.45, 7) is 4.39. The van der Waals surface area contributed by atoms with Crippen molar-refractivity contribution in [2.24, 2.45) is 5.92 Å². The lowest BCUT2D eigenvalue weighted by molar-refractivity contribution is -0.141. The lowest BCUT2D eigenvalue weighted by Gasteiger charge is -2.20. The number of fused-ring (bicyclic) bond motifs is 1. The van der Waals surface area contributed by atoms with Crippen LogP contribution in [0, 0.1) is 30.0 Å². The molecule has 0 bridgehead atoms. The molecular weight excluding hydrogens is 716 g/mol. The van der Waals surface area contributed by atoms with Gasteiger partial charge in [-0.3, -0.25) is 14.6 Å². The van der Waals surface area contributed by atoms with Crippen LogP contribution in [0.3, 0.4) is 0 Å². The van der Waals surface area contributed by atoms with Crippen molar-refractivity contribution in [3.63, 3.8) is 0 Å². The fourth-order valence-corrected chi connectivity index (χ4v) is 7.58. The average Bonchev–Trinajstić information content (AvgIpc) is 3.91. The molecule has 0 aliphatic carbocycles. The van der Waals surface area contributed by atoms with E-state index in [1.54, 1.807) is 43.3 Å². The van der Waals surface area contributed by atoms with E-state index in [2.05, 4.69) is 6.07 Å². The van der Waals surface area contributed by atoms with E-state index in [0.29, 0.717) is 78.9 Å². The zero-order valence-corrected chi connectivity index (χ0v) is 30.2. The van der Waals surface area contributed by atoms with Gasteiger partial charge in [-0.25, -0.2) is 9.37 Å². The van der Waals surface area contributed by atoms with Crippen molar-refractivity contribution in [1.82, 2.24) is 14.8 Å². The van der Waals surface area contributed by atoms with Crippen LogP contribution in [0.4, 0.5) is 17.6 Å². The number of carboxylic acid groups (broad SMARTS) is 1. The first kappa shape index (κ1) is 37.8. The second-order valence-electron chi connectivity index (χ2n) is 14.1. The van der Waals surface area contributed by atoms with Gasteiger partial charge in [0, 0.05) is 55.0 Å². The van der Waals surface area contributed by atoms with Crippen molar-refractivity contribution in [2.75, 3.05) is 33.3 Å². The molecular formula is C42H38F4N4O5. The third kappa shape index (κ3) is 7.84. The number of carboxylic acids is 1. The monoisotopic (exact) mass is 754 g/mol. The van der Waals surface area contributed by atoms with Gasteiger partial charge in [-0.05, 0) is 78.9 Å². The second-order valence-corrected chi connectivity index (χ2v) is 14.1. The van der Waals surface area contributed by atoms with Gasteiger partial charge in [0.25, 0.3) is 0 Å². The number of rotatable bonds is 10. The topological polar surface area (TPSA) is 123 Å². The maximum atomic E-state index is 16.3. The maximum Gasteiger partial charge on any atom is 0.417 e. The number of benzene rings is 4. The van der Waals surface area contributed by atoms with Gasteiger partial charge in [-0.1, -0.05) is 42.5 Å². The number of nitrogens with zero attached hydrogens (tertiary/aromatic N) is 4. The summed E-state index contributed by atoms with van der Waals surface area (Å²) in [5.74, 6) is -1.40. The lowest BCUT2D eigenvalue weighted by atomic mass is 9.94. The number of β-amino-alcohol motifs (C(OH)–C–C–N with tert-alkyl or cyclic N) is 1. The van der Waals surface area contributed by atoms with Gasteiger partial charge in [-0.2, -0.15) is 18.4 Å². The van der Waals surface area contributed by atoms with Crippen molar-refractivity contribution < 1.29 is 41.7 Å². The summed E-state index contributed by atoms with van der Waals surface area (Å²) >= 11 is 0. The predicted molar refractivity (Wildman–Crippen MR) is 198 cm³/mol. The van der Waals surface area contributed by atoms with Crippen LogP contribution < -0.4 is 4.74 Å². The van der Waals surface area contributed by atoms with Crippen LogP contribution >= 0.6 is 0 Å². The molecule has 7 rings (SSSR count). The Morgan fingerprint density at radius 3 is 2.40 bits per heavy atom. The average molecular weight is 755 g/mol. The molecule has 5 aromatic rings. The number of carbonyl (C=O) groups is 1. The number of hydrogen-bond acceptors (Lipinski definition) is 8. The minimum absolute atomic E-state index is 0.0743. The van der Waals surface area contributed by atoms with Crippen molar-refractivity contribution in [2.45, 2.75) is 45.1 Å². The van der Waals surface area contributed by atoms with E-state index in [0.717, 1.165) is 11.6 Å². The fraction of sp³-hybridized carbons (Fsp3) is 0.310. The molecule has 0 spiro atoms. The fourth-order valence-electron chi connectivity index (χ4n) is 7.58. The summed E-state index contributed by atoms with van der Waals surface area (Å²) in [4.78, 5) is 20.0. The molecule has 0 saturated carbocycles. The normalized spacial score (nSPS) is 18.1. The second kappa shape index (κ2) is 15.3. The maximum absolute atomic E-state index is 16.3. The molecule has 284 valence electrons. The third-order valence-electron chi connectivity index (χ3n) is 10.4. The first-order chi connectivity index (χ1) is 26.3. The zero-order valence-electron chi connectivity index (χ0n) is 30.2. The van der Waals surface area contributed by atoms with Gasteiger partial charge in [0.1, 0.15) is 23.2 Å². The van der Waals surface area contributed by atoms with Crippen LogP contribution in [0.5, 0.6) is 5.75 Å². The van der Waals surface area contributed by atoms with E-state index in [1.807, 2.05) is 15.9 Å². The summed E-state index contributed by atoms with van der Waals surface area (Å²) in [6, 6.07) is 18.0.